The third-order valence-electron chi connectivity index (χ3n) is 2.69. The van der Waals surface area contributed by atoms with Gasteiger partial charge in [-0.1, -0.05) is 6.92 Å². The van der Waals surface area contributed by atoms with Crippen LogP contribution in [-0.4, -0.2) is 20.8 Å². The lowest BCUT2D eigenvalue weighted by Crippen LogP contribution is -2.03. The minimum Gasteiger partial charge on any atom is -0.497 e. The Labute approximate surface area is 97.6 Å². The summed E-state index contributed by atoms with van der Waals surface area (Å²) >= 11 is 0. The summed E-state index contributed by atoms with van der Waals surface area (Å²) < 4.78 is 10.8. The topological polar surface area (TPSA) is 44.5 Å². The number of methoxy groups -OCH3 is 2. The molecule has 1 rings (SSSR count). The van der Waals surface area contributed by atoms with Crippen molar-refractivity contribution in [1.29, 1.82) is 0 Å². The molecule has 3 heteroatoms. The van der Waals surface area contributed by atoms with E-state index in [4.69, 9.17) is 15.2 Å². The van der Waals surface area contributed by atoms with Crippen molar-refractivity contribution in [2.45, 2.75) is 26.2 Å². The van der Waals surface area contributed by atoms with Crippen LogP contribution in [0.3, 0.4) is 0 Å². The number of nitrogens with two attached hydrogens (primary N) is 1. The number of aryl methyl sites for hydroxylation is 2. The first-order chi connectivity index (χ1) is 7.76. The zero-order chi connectivity index (χ0) is 12.0. The molecule has 0 saturated heterocycles. The van der Waals surface area contributed by atoms with Crippen molar-refractivity contribution in [2.24, 2.45) is 5.73 Å². The molecule has 0 aliphatic carbocycles. The molecule has 0 unspecified atom stereocenters. The largest absolute Gasteiger partial charge is 0.497 e. The smallest absolute Gasteiger partial charge is 0.125 e. The Bertz CT molecular complexity index is 337. The number of hydrogen-bond acceptors (Lipinski definition) is 3. The van der Waals surface area contributed by atoms with Gasteiger partial charge in [0.1, 0.15) is 11.5 Å². The van der Waals surface area contributed by atoms with Crippen LogP contribution < -0.4 is 15.2 Å². The van der Waals surface area contributed by atoms with E-state index in [-0.39, 0.29) is 0 Å². The van der Waals surface area contributed by atoms with E-state index in [1.165, 1.54) is 11.1 Å². The van der Waals surface area contributed by atoms with Crippen molar-refractivity contribution in [2.75, 3.05) is 20.8 Å². The molecule has 0 spiro atoms. The van der Waals surface area contributed by atoms with Gasteiger partial charge < -0.3 is 15.2 Å². The summed E-state index contributed by atoms with van der Waals surface area (Å²) in [6, 6.07) is 4.07. The molecule has 16 heavy (non-hydrogen) atoms. The molecular formula is C13H21NO2. The summed E-state index contributed by atoms with van der Waals surface area (Å²) in [5.41, 5.74) is 7.91. The van der Waals surface area contributed by atoms with Gasteiger partial charge >= 0.3 is 0 Å². The molecule has 0 aliphatic rings. The molecule has 0 bridgehead atoms. The van der Waals surface area contributed by atoms with E-state index < -0.39 is 0 Å². The van der Waals surface area contributed by atoms with Gasteiger partial charge in [0.05, 0.1) is 14.2 Å². The quantitative estimate of drug-likeness (QED) is 0.803. The fraction of sp³-hybridized carbons (Fsp3) is 0.538. The Morgan fingerprint density at radius 3 is 2.31 bits per heavy atom. The van der Waals surface area contributed by atoms with E-state index in [9.17, 15) is 0 Å². The normalized spacial score (nSPS) is 10.2. The summed E-state index contributed by atoms with van der Waals surface area (Å²) in [5, 5.41) is 0. The van der Waals surface area contributed by atoms with Crippen LogP contribution in [-0.2, 0) is 12.8 Å². The van der Waals surface area contributed by atoms with Gasteiger partial charge in [0.15, 0.2) is 0 Å². The molecule has 1 aromatic carbocycles. The van der Waals surface area contributed by atoms with Crippen LogP contribution in [0.25, 0.3) is 0 Å². The Morgan fingerprint density at radius 1 is 1.12 bits per heavy atom. The highest BCUT2D eigenvalue weighted by atomic mass is 16.5. The van der Waals surface area contributed by atoms with E-state index in [0.717, 1.165) is 30.8 Å². The predicted molar refractivity (Wildman–Crippen MR) is 66.3 cm³/mol. The highest BCUT2D eigenvalue weighted by Gasteiger charge is 2.10. The lowest BCUT2D eigenvalue weighted by atomic mass is 10.0. The summed E-state index contributed by atoms with van der Waals surface area (Å²) in [6.45, 7) is 2.81. The van der Waals surface area contributed by atoms with Crippen molar-refractivity contribution < 1.29 is 9.47 Å². The molecule has 0 amide bonds. The van der Waals surface area contributed by atoms with Gasteiger partial charge in [-0.2, -0.15) is 0 Å². The second-order valence-corrected chi connectivity index (χ2v) is 3.72. The molecule has 0 radical (unpaired) electrons. The Morgan fingerprint density at radius 2 is 1.81 bits per heavy atom. The zero-order valence-corrected chi connectivity index (χ0v) is 10.4. The first-order valence-corrected chi connectivity index (χ1v) is 5.70. The summed E-state index contributed by atoms with van der Waals surface area (Å²) in [7, 11) is 3.40. The highest BCUT2D eigenvalue weighted by molar-refractivity contribution is 5.47. The molecule has 0 atom stereocenters. The summed E-state index contributed by atoms with van der Waals surface area (Å²) in [4.78, 5) is 0. The third kappa shape index (κ3) is 2.89. The van der Waals surface area contributed by atoms with Gasteiger partial charge in [0, 0.05) is 0 Å². The SMILES string of the molecule is CCc1cc(OC)cc(CCCN)c1OC. The molecule has 3 nitrogen and oxygen atoms in total. The molecular weight excluding hydrogens is 202 g/mol. The lowest BCUT2D eigenvalue weighted by Gasteiger charge is -2.14. The molecule has 0 saturated carbocycles. The number of rotatable bonds is 6. The molecule has 90 valence electrons. The van der Waals surface area contributed by atoms with Crippen molar-refractivity contribution >= 4 is 0 Å². The highest BCUT2D eigenvalue weighted by Crippen LogP contribution is 2.30. The minimum atomic E-state index is 0.696. The van der Waals surface area contributed by atoms with Crippen LogP contribution in [0.4, 0.5) is 0 Å². The number of ether oxygens (including phenoxy) is 2. The third-order valence-corrected chi connectivity index (χ3v) is 2.69. The van der Waals surface area contributed by atoms with Crippen LogP contribution in [0.15, 0.2) is 12.1 Å². The van der Waals surface area contributed by atoms with Gasteiger partial charge in [-0.3, -0.25) is 0 Å². The standard InChI is InChI=1S/C13H21NO2/c1-4-10-8-12(15-2)9-11(6-5-7-14)13(10)16-3/h8-9H,4-7,14H2,1-3H3. The van der Waals surface area contributed by atoms with Gasteiger partial charge in [-0.25, -0.2) is 0 Å². The maximum atomic E-state index is 5.54. The lowest BCUT2D eigenvalue weighted by molar-refractivity contribution is 0.394. The molecule has 0 fully saturated rings. The fourth-order valence-corrected chi connectivity index (χ4v) is 1.84. The van der Waals surface area contributed by atoms with Gasteiger partial charge in [-0.05, 0) is 49.1 Å². The maximum absolute atomic E-state index is 5.54. The Balaban J connectivity index is 3.09. The summed E-state index contributed by atoms with van der Waals surface area (Å²) in [6.07, 6.45) is 2.84. The van der Waals surface area contributed by atoms with Crippen LogP contribution in [0.2, 0.25) is 0 Å². The summed E-state index contributed by atoms with van der Waals surface area (Å²) in [5.74, 6) is 1.88. The molecule has 2 N–H and O–H groups in total. The average Bonchev–Trinajstić information content (AvgIpc) is 2.34. The van der Waals surface area contributed by atoms with E-state index in [2.05, 4.69) is 6.92 Å². The molecule has 0 aromatic heterocycles. The van der Waals surface area contributed by atoms with Gasteiger partial charge in [0.2, 0.25) is 0 Å². The Hall–Kier alpha value is -1.22. The van der Waals surface area contributed by atoms with Gasteiger partial charge in [-0.15, -0.1) is 0 Å². The molecule has 0 heterocycles. The first-order valence-electron chi connectivity index (χ1n) is 5.70. The van der Waals surface area contributed by atoms with Crippen LogP contribution >= 0.6 is 0 Å². The van der Waals surface area contributed by atoms with E-state index in [0.29, 0.717) is 6.54 Å². The fourth-order valence-electron chi connectivity index (χ4n) is 1.84. The van der Waals surface area contributed by atoms with Crippen molar-refractivity contribution in [3.8, 4) is 11.5 Å². The minimum absolute atomic E-state index is 0.696. The van der Waals surface area contributed by atoms with Crippen molar-refractivity contribution in [3.63, 3.8) is 0 Å². The monoisotopic (exact) mass is 223 g/mol. The first kappa shape index (κ1) is 12.8. The molecule has 1 aromatic rings. The molecule has 0 aliphatic heterocycles. The van der Waals surface area contributed by atoms with E-state index >= 15 is 0 Å². The number of benzene rings is 1. The zero-order valence-electron chi connectivity index (χ0n) is 10.4. The van der Waals surface area contributed by atoms with E-state index in [1.807, 2.05) is 12.1 Å². The Kier molecular flexibility index (Phi) is 5.12. The van der Waals surface area contributed by atoms with Crippen LogP contribution in [0.5, 0.6) is 11.5 Å². The number of hydrogen-bond donors (Lipinski definition) is 1. The van der Waals surface area contributed by atoms with Crippen LogP contribution in [0, 0.1) is 0 Å². The second-order valence-electron chi connectivity index (χ2n) is 3.72. The van der Waals surface area contributed by atoms with Crippen molar-refractivity contribution in [1.82, 2.24) is 0 Å². The van der Waals surface area contributed by atoms with Crippen molar-refractivity contribution in [3.05, 3.63) is 23.3 Å². The van der Waals surface area contributed by atoms with E-state index in [1.54, 1.807) is 14.2 Å². The maximum Gasteiger partial charge on any atom is 0.125 e. The van der Waals surface area contributed by atoms with Crippen LogP contribution in [0.1, 0.15) is 24.5 Å². The van der Waals surface area contributed by atoms with Gasteiger partial charge in [0.25, 0.3) is 0 Å². The second kappa shape index (κ2) is 6.38. The average molecular weight is 223 g/mol. The predicted octanol–water partition coefficient (Wildman–Crippen LogP) is 2.16.